The minimum absolute atomic E-state index is 0.0305. The lowest BCUT2D eigenvalue weighted by molar-refractivity contribution is -0.117. The van der Waals surface area contributed by atoms with Crippen LogP contribution in [-0.4, -0.2) is 59.5 Å². The molecule has 0 saturated carbocycles. The van der Waals surface area contributed by atoms with E-state index in [0.717, 1.165) is 26.2 Å². The molecule has 1 fully saturated rings. The molecule has 6 heteroatoms. The van der Waals surface area contributed by atoms with Gasteiger partial charge >= 0.3 is 0 Å². The van der Waals surface area contributed by atoms with E-state index in [1.165, 1.54) is 11.3 Å². The highest BCUT2D eigenvalue weighted by Crippen LogP contribution is 2.10. The van der Waals surface area contributed by atoms with Gasteiger partial charge in [0.15, 0.2) is 5.13 Å². The Kier molecular flexibility index (Phi) is 4.68. The Labute approximate surface area is 112 Å². The zero-order chi connectivity index (χ0) is 13.0. The maximum absolute atomic E-state index is 11.8. The molecule has 0 aliphatic carbocycles. The lowest BCUT2D eigenvalue weighted by atomic mass is 10.2. The second-order valence-corrected chi connectivity index (χ2v) is 5.69. The molecular weight excluding hydrogens is 248 g/mol. The average Bonchev–Trinajstić information content (AvgIpc) is 2.82. The number of amides is 1. The Bertz CT molecular complexity index is 371. The van der Waals surface area contributed by atoms with Crippen molar-refractivity contribution in [1.29, 1.82) is 0 Å². The molecule has 1 aromatic heterocycles. The van der Waals surface area contributed by atoms with Crippen LogP contribution in [0.1, 0.15) is 13.8 Å². The minimum atomic E-state index is 0.0305. The van der Waals surface area contributed by atoms with Crippen molar-refractivity contribution in [2.24, 2.45) is 0 Å². The fraction of sp³-hybridized carbons (Fsp3) is 0.667. The van der Waals surface area contributed by atoms with Crippen molar-refractivity contribution in [2.75, 3.05) is 38.0 Å². The van der Waals surface area contributed by atoms with Crippen LogP contribution in [0.2, 0.25) is 0 Å². The lowest BCUT2D eigenvalue weighted by Crippen LogP contribution is -2.50. The number of aromatic nitrogens is 1. The van der Waals surface area contributed by atoms with Gasteiger partial charge in [-0.1, -0.05) is 0 Å². The summed E-state index contributed by atoms with van der Waals surface area (Å²) >= 11 is 1.45. The van der Waals surface area contributed by atoms with E-state index in [1.807, 2.05) is 5.38 Å². The Morgan fingerprint density at radius 1 is 1.44 bits per heavy atom. The van der Waals surface area contributed by atoms with Gasteiger partial charge in [0.25, 0.3) is 0 Å². The molecule has 100 valence electrons. The second kappa shape index (κ2) is 6.26. The minimum Gasteiger partial charge on any atom is -0.301 e. The molecule has 0 aromatic carbocycles. The summed E-state index contributed by atoms with van der Waals surface area (Å²) in [4.78, 5) is 20.5. The summed E-state index contributed by atoms with van der Waals surface area (Å²) in [5, 5.41) is 5.36. The van der Waals surface area contributed by atoms with Crippen LogP contribution in [0.25, 0.3) is 0 Å². The molecule has 1 aliphatic heterocycles. The van der Waals surface area contributed by atoms with E-state index < -0.39 is 0 Å². The molecule has 2 rings (SSSR count). The SMILES string of the molecule is CC(C)N1CCN(CC(=O)Nc2nccs2)CC1. The fourth-order valence-corrected chi connectivity index (χ4v) is 2.63. The van der Waals surface area contributed by atoms with Crippen LogP contribution in [0.5, 0.6) is 0 Å². The van der Waals surface area contributed by atoms with Crippen molar-refractivity contribution in [3.8, 4) is 0 Å². The van der Waals surface area contributed by atoms with Gasteiger partial charge < -0.3 is 5.32 Å². The molecule has 1 aliphatic rings. The maximum Gasteiger partial charge on any atom is 0.240 e. The van der Waals surface area contributed by atoms with Gasteiger partial charge in [-0.25, -0.2) is 4.98 Å². The number of piperazine rings is 1. The lowest BCUT2D eigenvalue weighted by Gasteiger charge is -2.36. The first-order valence-corrected chi connectivity index (χ1v) is 7.19. The molecular formula is C12H20N4OS. The molecule has 2 heterocycles. The Morgan fingerprint density at radius 3 is 2.72 bits per heavy atom. The van der Waals surface area contributed by atoms with E-state index in [1.54, 1.807) is 6.20 Å². The van der Waals surface area contributed by atoms with E-state index in [-0.39, 0.29) is 5.91 Å². The molecule has 0 radical (unpaired) electrons. The molecule has 0 bridgehead atoms. The predicted octanol–water partition coefficient (Wildman–Crippen LogP) is 1.11. The summed E-state index contributed by atoms with van der Waals surface area (Å²) in [6.07, 6.45) is 1.70. The summed E-state index contributed by atoms with van der Waals surface area (Å²) in [5.41, 5.74) is 0. The Hall–Kier alpha value is -0.980. The summed E-state index contributed by atoms with van der Waals surface area (Å²) < 4.78 is 0. The molecule has 1 amide bonds. The van der Waals surface area contributed by atoms with Gasteiger partial charge in [-0.05, 0) is 13.8 Å². The number of nitrogens with zero attached hydrogens (tertiary/aromatic N) is 3. The smallest absolute Gasteiger partial charge is 0.240 e. The van der Waals surface area contributed by atoms with Crippen molar-refractivity contribution in [2.45, 2.75) is 19.9 Å². The van der Waals surface area contributed by atoms with Gasteiger partial charge in [0.05, 0.1) is 6.54 Å². The van der Waals surface area contributed by atoms with E-state index >= 15 is 0 Å². The molecule has 5 nitrogen and oxygen atoms in total. The highest BCUT2D eigenvalue weighted by Gasteiger charge is 2.20. The van der Waals surface area contributed by atoms with Crippen LogP contribution in [0.4, 0.5) is 5.13 Å². The van der Waals surface area contributed by atoms with Crippen LogP contribution in [0.3, 0.4) is 0 Å². The first-order chi connectivity index (χ1) is 8.65. The summed E-state index contributed by atoms with van der Waals surface area (Å²) in [6, 6.07) is 0.594. The Morgan fingerprint density at radius 2 is 2.17 bits per heavy atom. The van der Waals surface area contributed by atoms with E-state index in [4.69, 9.17) is 0 Å². The van der Waals surface area contributed by atoms with Gasteiger partial charge in [-0.15, -0.1) is 11.3 Å². The van der Waals surface area contributed by atoms with E-state index in [0.29, 0.717) is 17.7 Å². The zero-order valence-electron chi connectivity index (χ0n) is 10.9. The number of thiazole rings is 1. The predicted molar refractivity (Wildman–Crippen MR) is 73.9 cm³/mol. The van der Waals surface area contributed by atoms with Gasteiger partial charge in [0, 0.05) is 43.8 Å². The number of carbonyl (C=O) groups excluding carboxylic acids is 1. The van der Waals surface area contributed by atoms with Crippen LogP contribution in [-0.2, 0) is 4.79 Å². The van der Waals surface area contributed by atoms with Crippen LogP contribution < -0.4 is 5.32 Å². The van der Waals surface area contributed by atoms with Crippen molar-refractivity contribution in [1.82, 2.24) is 14.8 Å². The van der Waals surface area contributed by atoms with E-state index in [9.17, 15) is 4.79 Å². The largest absolute Gasteiger partial charge is 0.301 e. The molecule has 1 saturated heterocycles. The molecule has 0 atom stereocenters. The third-order valence-electron chi connectivity index (χ3n) is 3.18. The summed E-state index contributed by atoms with van der Waals surface area (Å²) in [7, 11) is 0. The normalized spacial score (nSPS) is 18.2. The van der Waals surface area contributed by atoms with Crippen molar-refractivity contribution >= 4 is 22.4 Å². The second-order valence-electron chi connectivity index (χ2n) is 4.79. The highest BCUT2D eigenvalue weighted by atomic mass is 32.1. The van der Waals surface area contributed by atoms with Gasteiger partial charge in [0.1, 0.15) is 0 Å². The average molecular weight is 268 g/mol. The van der Waals surface area contributed by atoms with Crippen molar-refractivity contribution in [3.05, 3.63) is 11.6 Å². The van der Waals surface area contributed by atoms with Crippen molar-refractivity contribution < 1.29 is 4.79 Å². The van der Waals surface area contributed by atoms with Crippen LogP contribution in [0, 0.1) is 0 Å². The monoisotopic (exact) mass is 268 g/mol. The Balaban J connectivity index is 1.73. The first kappa shape index (κ1) is 13.5. The summed E-state index contributed by atoms with van der Waals surface area (Å²) in [5.74, 6) is 0.0305. The molecule has 1 N–H and O–H groups in total. The van der Waals surface area contributed by atoms with Crippen LogP contribution >= 0.6 is 11.3 Å². The fourth-order valence-electron chi connectivity index (χ4n) is 2.08. The molecule has 0 spiro atoms. The van der Waals surface area contributed by atoms with Gasteiger partial charge in [-0.3, -0.25) is 14.6 Å². The number of hydrogen-bond donors (Lipinski definition) is 1. The van der Waals surface area contributed by atoms with E-state index in [2.05, 4.69) is 33.9 Å². The number of rotatable bonds is 4. The zero-order valence-corrected chi connectivity index (χ0v) is 11.7. The van der Waals surface area contributed by atoms with Crippen molar-refractivity contribution in [3.63, 3.8) is 0 Å². The number of carbonyl (C=O) groups is 1. The standard InChI is InChI=1S/C12H20N4OS/c1-10(2)16-6-4-15(5-7-16)9-11(17)14-12-13-3-8-18-12/h3,8,10H,4-7,9H2,1-2H3,(H,13,14,17). The summed E-state index contributed by atoms with van der Waals surface area (Å²) in [6.45, 7) is 8.90. The third-order valence-corrected chi connectivity index (χ3v) is 3.87. The number of anilines is 1. The molecule has 1 aromatic rings. The first-order valence-electron chi connectivity index (χ1n) is 6.31. The quantitative estimate of drug-likeness (QED) is 0.888. The molecule has 0 unspecified atom stereocenters. The maximum atomic E-state index is 11.8. The third kappa shape index (κ3) is 3.76. The topological polar surface area (TPSA) is 48.5 Å². The number of hydrogen-bond acceptors (Lipinski definition) is 5. The highest BCUT2D eigenvalue weighted by molar-refractivity contribution is 7.13. The van der Waals surface area contributed by atoms with Gasteiger partial charge in [-0.2, -0.15) is 0 Å². The van der Waals surface area contributed by atoms with Gasteiger partial charge in [0.2, 0.25) is 5.91 Å². The number of nitrogens with one attached hydrogen (secondary N) is 1. The van der Waals surface area contributed by atoms with Crippen LogP contribution in [0.15, 0.2) is 11.6 Å². The molecule has 18 heavy (non-hydrogen) atoms.